The Labute approximate surface area is 93.9 Å². The zero-order chi connectivity index (χ0) is 10.7. The molecule has 0 aromatic carbocycles. The van der Waals surface area contributed by atoms with Gasteiger partial charge in [-0.15, -0.1) is 11.3 Å². The molecule has 2 N–H and O–H groups in total. The predicted octanol–water partition coefficient (Wildman–Crippen LogP) is 1.42. The molecule has 1 atom stereocenters. The van der Waals surface area contributed by atoms with E-state index in [-0.39, 0.29) is 11.9 Å². The molecule has 0 saturated carbocycles. The maximum atomic E-state index is 11.5. The molecule has 0 aliphatic carbocycles. The van der Waals surface area contributed by atoms with Crippen LogP contribution in [-0.2, 0) is 11.3 Å². The second-order valence-electron chi connectivity index (χ2n) is 3.89. The number of hydrogen-bond acceptors (Lipinski definition) is 3. The van der Waals surface area contributed by atoms with Crippen LogP contribution in [0.5, 0.6) is 0 Å². The Kier molecular flexibility index (Phi) is 3.38. The molecule has 1 amide bonds. The lowest BCUT2D eigenvalue weighted by atomic mass is 10.1. The highest BCUT2D eigenvalue weighted by Gasteiger charge is 2.21. The average molecular weight is 224 g/mol. The number of nitrogens with one attached hydrogen (secondary N) is 2. The summed E-state index contributed by atoms with van der Waals surface area (Å²) in [6.45, 7) is 3.74. The molecule has 1 fully saturated rings. The zero-order valence-electron chi connectivity index (χ0n) is 8.88. The van der Waals surface area contributed by atoms with Crippen molar-refractivity contribution in [2.75, 3.05) is 6.54 Å². The van der Waals surface area contributed by atoms with Gasteiger partial charge in [-0.25, -0.2) is 0 Å². The van der Waals surface area contributed by atoms with E-state index in [0.29, 0.717) is 0 Å². The van der Waals surface area contributed by atoms with Gasteiger partial charge in [0.2, 0.25) is 5.91 Å². The molecule has 1 aromatic heterocycles. The van der Waals surface area contributed by atoms with Gasteiger partial charge in [0.25, 0.3) is 0 Å². The summed E-state index contributed by atoms with van der Waals surface area (Å²) in [5, 5.41) is 8.28. The van der Waals surface area contributed by atoms with Crippen molar-refractivity contribution in [3.05, 3.63) is 21.9 Å². The van der Waals surface area contributed by atoms with Crippen molar-refractivity contribution in [2.24, 2.45) is 0 Å². The summed E-state index contributed by atoms with van der Waals surface area (Å²) in [5.74, 6) is 0.149. The first-order chi connectivity index (χ1) is 7.27. The van der Waals surface area contributed by atoms with Crippen molar-refractivity contribution in [1.29, 1.82) is 0 Å². The van der Waals surface area contributed by atoms with Crippen LogP contribution in [0.1, 0.15) is 23.3 Å². The van der Waals surface area contributed by atoms with Crippen molar-refractivity contribution in [3.8, 4) is 0 Å². The first-order valence-corrected chi connectivity index (χ1v) is 6.19. The fourth-order valence-corrected chi connectivity index (χ4v) is 2.62. The highest BCUT2D eigenvalue weighted by atomic mass is 32.1. The molecule has 1 aliphatic rings. The van der Waals surface area contributed by atoms with Crippen LogP contribution in [0.4, 0.5) is 0 Å². The Hall–Kier alpha value is -0.870. The maximum absolute atomic E-state index is 11.5. The topological polar surface area (TPSA) is 41.1 Å². The second-order valence-corrected chi connectivity index (χ2v) is 4.89. The summed E-state index contributed by atoms with van der Waals surface area (Å²) < 4.78 is 0. The van der Waals surface area contributed by atoms with Crippen LogP contribution in [0.25, 0.3) is 0 Å². The standard InChI is InChI=1S/C11H16N2OS/c1-8-4-6-15-10(8)7-13-9-3-2-5-12-11(9)14/h4,6,9,13H,2-3,5,7H2,1H3,(H,12,14). The van der Waals surface area contributed by atoms with E-state index in [1.165, 1.54) is 10.4 Å². The zero-order valence-corrected chi connectivity index (χ0v) is 9.69. The van der Waals surface area contributed by atoms with E-state index in [1.807, 2.05) is 0 Å². The van der Waals surface area contributed by atoms with Gasteiger partial charge in [-0.05, 0) is 36.8 Å². The van der Waals surface area contributed by atoms with Gasteiger partial charge in [-0.2, -0.15) is 0 Å². The van der Waals surface area contributed by atoms with E-state index in [0.717, 1.165) is 25.9 Å². The van der Waals surface area contributed by atoms with Crippen LogP contribution >= 0.6 is 11.3 Å². The van der Waals surface area contributed by atoms with Gasteiger partial charge in [-0.3, -0.25) is 4.79 Å². The molecule has 2 heterocycles. The van der Waals surface area contributed by atoms with Gasteiger partial charge in [0.1, 0.15) is 0 Å². The minimum atomic E-state index is 0.000231. The van der Waals surface area contributed by atoms with Crippen LogP contribution in [0.3, 0.4) is 0 Å². The smallest absolute Gasteiger partial charge is 0.237 e. The van der Waals surface area contributed by atoms with Crippen molar-refractivity contribution < 1.29 is 4.79 Å². The molecule has 1 aromatic rings. The third kappa shape index (κ3) is 2.58. The third-order valence-electron chi connectivity index (χ3n) is 2.76. The molecule has 1 saturated heterocycles. The number of thiophene rings is 1. The third-order valence-corrected chi connectivity index (χ3v) is 3.79. The Morgan fingerprint density at radius 1 is 1.67 bits per heavy atom. The van der Waals surface area contributed by atoms with Crippen LogP contribution in [0, 0.1) is 6.92 Å². The summed E-state index contributed by atoms with van der Waals surface area (Å²) in [5.41, 5.74) is 1.31. The van der Waals surface area contributed by atoms with Crippen LogP contribution in [-0.4, -0.2) is 18.5 Å². The summed E-state index contributed by atoms with van der Waals surface area (Å²) in [4.78, 5) is 12.8. The molecule has 0 radical (unpaired) electrons. The Bertz CT molecular complexity index is 348. The lowest BCUT2D eigenvalue weighted by Crippen LogP contribution is -2.47. The van der Waals surface area contributed by atoms with Crippen molar-refractivity contribution in [1.82, 2.24) is 10.6 Å². The Morgan fingerprint density at radius 3 is 3.20 bits per heavy atom. The van der Waals surface area contributed by atoms with Gasteiger partial charge in [-0.1, -0.05) is 0 Å². The minimum Gasteiger partial charge on any atom is -0.355 e. The SMILES string of the molecule is Cc1ccsc1CNC1CCCNC1=O. The number of rotatable bonds is 3. The van der Waals surface area contributed by atoms with Crippen LogP contribution in [0.2, 0.25) is 0 Å². The summed E-state index contributed by atoms with van der Waals surface area (Å²) in [6.07, 6.45) is 2.03. The normalized spacial score (nSPS) is 21.4. The summed E-state index contributed by atoms with van der Waals surface area (Å²) >= 11 is 1.75. The molecular weight excluding hydrogens is 208 g/mol. The monoisotopic (exact) mass is 224 g/mol. The van der Waals surface area contributed by atoms with Gasteiger partial charge >= 0.3 is 0 Å². The molecule has 3 nitrogen and oxygen atoms in total. The van der Waals surface area contributed by atoms with E-state index < -0.39 is 0 Å². The molecule has 82 valence electrons. The summed E-state index contributed by atoms with van der Waals surface area (Å²) in [7, 11) is 0. The lowest BCUT2D eigenvalue weighted by molar-refractivity contribution is -0.124. The fraction of sp³-hybridized carbons (Fsp3) is 0.545. The average Bonchev–Trinajstić information content (AvgIpc) is 2.63. The number of hydrogen-bond donors (Lipinski definition) is 2. The Morgan fingerprint density at radius 2 is 2.53 bits per heavy atom. The lowest BCUT2D eigenvalue weighted by Gasteiger charge is -2.22. The molecule has 1 aliphatic heterocycles. The quantitative estimate of drug-likeness (QED) is 0.815. The number of amides is 1. The number of piperidine rings is 1. The molecule has 0 spiro atoms. The van der Waals surface area contributed by atoms with E-state index >= 15 is 0 Å². The Balaban J connectivity index is 1.87. The van der Waals surface area contributed by atoms with Crippen LogP contribution in [0.15, 0.2) is 11.4 Å². The van der Waals surface area contributed by atoms with E-state index in [9.17, 15) is 4.79 Å². The van der Waals surface area contributed by atoms with E-state index in [2.05, 4.69) is 29.0 Å². The molecule has 4 heteroatoms. The van der Waals surface area contributed by atoms with Crippen molar-refractivity contribution in [2.45, 2.75) is 32.4 Å². The van der Waals surface area contributed by atoms with E-state index in [4.69, 9.17) is 0 Å². The highest BCUT2D eigenvalue weighted by Crippen LogP contribution is 2.15. The van der Waals surface area contributed by atoms with Gasteiger partial charge in [0.05, 0.1) is 6.04 Å². The predicted molar refractivity (Wildman–Crippen MR) is 61.9 cm³/mol. The number of carbonyl (C=O) groups is 1. The van der Waals surface area contributed by atoms with Crippen LogP contribution < -0.4 is 10.6 Å². The first-order valence-electron chi connectivity index (χ1n) is 5.31. The number of carbonyl (C=O) groups excluding carboxylic acids is 1. The van der Waals surface area contributed by atoms with Gasteiger partial charge < -0.3 is 10.6 Å². The molecular formula is C11H16N2OS. The molecule has 0 bridgehead atoms. The second kappa shape index (κ2) is 4.77. The van der Waals surface area contributed by atoms with Crippen molar-refractivity contribution >= 4 is 17.2 Å². The molecule has 2 rings (SSSR count). The van der Waals surface area contributed by atoms with E-state index in [1.54, 1.807) is 11.3 Å². The molecule has 15 heavy (non-hydrogen) atoms. The maximum Gasteiger partial charge on any atom is 0.237 e. The minimum absolute atomic E-state index is 0.000231. The fourth-order valence-electron chi connectivity index (χ4n) is 1.77. The van der Waals surface area contributed by atoms with Gasteiger partial charge in [0.15, 0.2) is 0 Å². The first kappa shape index (κ1) is 10.6. The summed E-state index contributed by atoms with van der Waals surface area (Å²) in [6, 6.07) is 2.11. The van der Waals surface area contributed by atoms with Gasteiger partial charge in [0, 0.05) is 18.0 Å². The highest BCUT2D eigenvalue weighted by molar-refractivity contribution is 7.10. The number of aryl methyl sites for hydroxylation is 1. The largest absolute Gasteiger partial charge is 0.355 e. The van der Waals surface area contributed by atoms with Crippen molar-refractivity contribution in [3.63, 3.8) is 0 Å². The molecule has 1 unspecified atom stereocenters.